The fourth-order valence-corrected chi connectivity index (χ4v) is 5.85. The second-order valence-electron chi connectivity index (χ2n) is 10.3. The molecule has 2 aromatic rings. The number of rotatable bonds is 5. The van der Waals surface area contributed by atoms with Crippen molar-refractivity contribution in [2.24, 2.45) is 0 Å². The number of aliphatic hydroxyl groups excluding tert-OH is 1. The van der Waals surface area contributed by atoms with Crippen molar-refractivity contribution < 1.29 is 29.0 Å². The van der Waals surface area contributed by atoms with Gasteiger partial charge in [0, 0.05) is 24.7 Å². The van der Waals surface area contributed by atoms with Crippen LogP contribution in [0.3, 0.4) is 0 Å². The first-order chi connectivity index (χ1) is 18.4. The third kappa shape index (κ3) is 5.23. The molecule has 0 aromatic heterocycles. The fraction of sp³-hybridized carbons (Fsp3) is 0.500. The molecule has 3 N–H and O–H groups in total. The Morgan fingerprint density at radius 3 is 2.55 bits per heavy atom. The van der Waals surface area contributed by atoms with Crippen LogP contribution in [0.4, 0.5) is 0 Å². The van der Waals surface area contributed by atoms with E-state index in [1.54, 1.807) is 11.0 Å². The fourth-order valence-electron chi connectivity index (χ4n) is 5.85. The summed E-state index contributed by atoms with van der Waals surface area (Å²) in [5.74, 6) is -1.63. The number of piperazine rings is 1. The SMILES string of the molecule is CCN1C[C@@H]2CCCC[C@H](NC(=O)c3cccc4ccccc34)C(=O)N2[C@H](C(=O)NC2CC(=O)OC2O)C1. The quantitative estimate of drug-likeness (QED) is 0.503. The predicted octanol–water partition coefficient (Wildman–Crippen LogP) is 1.16. The van der Waals surface area contributed by atoms with Crippen LogP contribution >= 0.6 is 0 Å². The molecule has 10 heteroatoms. The number of nitrogens with one attached hydrogen (secondary N) is 2. The molecule has 10 nitrogen and oxygen atoms in total. The van der Waals surface area contributed by atoms with Crippen LogP contribution in [0.25, 0.3) is 10.8 Å². The number of likely N-dealkylation sites (N-methyl/N-ethyl adjacent to an activating group) is 1. The van der Waals surface area contributed by atoms with Gasteiger partial charge in [-0.25, -0.2) is 0 Å². The number of hydrogen-bond donors (Lipinski definition) is 3. The second kappa shape index (κ2) is 11.1. The van der Waals surface area contributed by atoms with E-state index < -0.39 is 36.3 Å². The molecule has 3 aliphatic heterocycles. The lowest BCUT2D eigenvalue weighted by Gasteiger charge is -2.48. The van der Waals surface area contributed by atoms with Crippen molar-refractivity contribution in [1.82, 2.24) is 20.4 Å². The highest BCUT2D eigenvalue weighted by atomic mass is 16.6. The van der Waals surface area contributed by atoms with Crippen LogP contribution in [0.5, 0.6) is 0 Å². The molecular weight excluding hydrogens is 488 g/mol. The summed E-state index contributed by atoms with van der Waals surface area (Å²) in [6, 6.07) is 10.5. The topological polar surface area (TPSA) is 128 Å². The third-order valence-corrected chi connectivity index (χ3v) is 7.86. The number of carbonyl (C=O) groups excluding carboxylic acids is 4. The molecule has 0 saturated carbocycles. The lowest BCUT2D eigenvalue weighted by atomic mass is 9.93. The van der Waals surface area contributed by atoms with E-state index in [-0.39, 0.29) is 24.3 Å². The number of ether oxygens (including phenoxy) is 1. The number of hydrogen-bond acceptors (Lipinski definition) is 7. The Morgan fingerprint density at radius 1 is 1.03 bits per heavy atom. The Bertz CT molecular complexity index is 1230. The molecule has 202 valence electrons. The van der Waals surface area contributed by atoms with Gasteiger partial charge in [-0.1, -0.05) is 56.2 Å². The van der Waals surface area contributed by atoms with E-state index in [1.165, 1.54) is 0 Å². The van der Waals surface area contributed by atoms with Crippen molar-refractivity contribution in [2.75, 3.05) is 19.6 Å². The van der Waals surface area contributed by atoms with Gasteiger partial charge in [0.2, 0.25) is 18.1 Å². The molecule has 3 fully saturated rings. The van der Waals surface area contributed by atoms with Gasteiger partial charge in [-0.2, -0.15) is 0 Å². The van der Waals surface area contributed by atoms with Crippen molar-refractivity contribution in [2.45, 2.75) is 69.5 Å². The molecule has 0 radical (unpaired) electrons. The molecular formula is C28H34N4O6. The number of aliphatic hydroxyl groups is 1. The molecule has 3 heterocycles. The Hall–Kier alpha value is -3.50. The third-order valence-electron chi connectivity index (χ3n) is 7.86. The van der Waals surface area contributed by atoms with Crippen LogP contribution in [0.2, 0.25) is 0 Å². The van der Waals surface area contributed by atoms with Crippen LogP contribution in [-0.2, 0) is 19.1 Å². The number of amides is 3. The lowest BCUT2D eigenvalue weighted by Crippen LogP contribution is -2.68. The van der Waals surface area contributed by atoms with Gasteiger partial charge in [0.05, 0.1) is 6.42 Å². The van der Waals surface area contributed by atoms with Gasteiger partial charge in [-0.3, -0.25) is 24.1 Å². The summed E-state index contributed by atoms with van der Waals surface area (Å²) in [7, 11) is 0. The van der Waals surface area contributed by atoms with Crippen LogP contribution in [0.15, 0.2) is 42.5 Å². The summed E-state index contributed by atoms with van der Waals surface area (Å²) in [4.78, 5) is 56.2. The van der Waals surface area contributed by atoms with Crippen molar-refractivity contribution in [1.29, 1.82) is 0 Å². The molecule has 5 rings (SSSR count). The molecule has 38 heavy (non-hydrogen) atoms. The largest absolute Gasteiger partial charge is 0.434 e. The van der Waals surface area contributed by atoms with Gasteiger partial charge in [0.1, 0.15) is 18.1 Å². The molecule has 2 aromatic carbocycles. The molecule has 0 bridgehead atoms. The highest BCUT2D eigenvalue weighted by Crippen LogP contribution is 2.27. The van der Waals surface area contributed by atoms with E-state index in [0.29, 0.717) is 25.1 Å². The van der Waals surface area contributed by atoms with E-state index in [2.05, 4.69) is 15.5 Å². The van der Waals surface area contributed by atoms with E-state index in [0.717, 1.165) is 36.6 Å². The van der Waals surface area contributed by atoms with Gasteiger partial charge >= 0.3 is 5.97 Å². The zero-order valence-corrected chi connectivity index (χ0v) is 21.5. The highest BCUT2D eigenvalue weighted by molar-refractivity contribution is 6.08. The number of benzene rings is 2. The van der Waals surface area contributed by atoms with Crippen LogP contribution in [-0.4, -0.2) is 88.7 Å². The minimum Gasteiger partial charge on any atom is -0.434 e. The summed E-state index contributed by atoms with van der Waals surface area (Å²) in [6.07, 6.45) is 1.34. The maximum atomic E-state index is 14.0. The van der Waals surface area contributed by atoms with Crippen molar-refractivity contribution >= 4 is 34.5 Å². The molecule has 3 saturated heterocycles. The summed E-state index contributed by atoms with van der Waals surface area (Å²) in [5.41, 5.74) is 0.500. The van der Waals surface area contributed by atoms with Gasteiger partial charge < -0.3 is 25.4 Å². The highest BCUT2D eigenvalue weighted by Gasteiger charge is 2.45. The van der Waals surface area contributed by atoms with E-state index in [9.17, 15) is 24.3 Å². The normalized spacial score (nSPS) is 28.3. The number of nitrogens with zero attached hydrogens (tertiary/aromatic N) is 2. The Balaban J connectivity index is 1.39. The number of fused-ring (bicyclic) bond motifs is 2. The minimum absolute atomic E-state index is 0.127. The predicted molar refractivity (Wildman–Crippen MR) is 139 cm³/mol. The van der Waals surface area contributed by atoms with Crippen LogP contribution < -0.4 is 10.6 Å². The monoisotopic (exact) mass is 522 g/mol. The van der Waals surface area contributed by atoms with Crippen molar-refractivity contribution in [3.63, 3.8) is 0 Å². The first-order valence-corrected chi connectivity index (χ1v) is 13.4. The van der Waals surface area contributed by atoms with E-state index in [1.807, 2.05) is 43.3 Å². The minimum atomic E-state index is -1.41. The number of cyclic esters (lactones) is 1. The standard InChI is InChI=1S/C28H34N4O6/c1-2-31-15-18-10-4-6-13-21(29-25(34)20-12-7-9-17-8-3-5-11-19(17)20)27(36)32(18)23(16-31)26(35)30-22-14-24(33)38-28(22)37/h3,5,7-9,11-12,18,21-23,28,37H,2,4,6,10,13-16H2,1H3,(H,29,34)(H,30,35)/t18-,21-,22?,23-,28?/m0/s1. The Kier molecular flexibility index (Phi) is 7.62. The first-order valence-electron chi connectivity index (χ1n) is 13.4. The van der Waals surface area contributed by atoms with Gasteiger partial charge in [0.25, 0.3) is 5.91 Å². The summed E-state index contributed by atoms with van der Waals surface area (Å²) in [6.45, 7) is 3.70. The molecule has 5 atom stereocenters. The maximum Gasteiger partial charge on any atom is 0.310 e. The number of carbonyl (C=O) groups is 4. The lowest BCUT2D eigenvalue weighted by molar-refractivity contribution is -0.156. The van der Waals surface area contributed by atoms with Crippen LogP contribution in [0.1, 0.15) is 49.4 Å². The maximum absolute atomic E-state index is 14.0. The van der Waals surface area contributed by atoms with Gasteiger partial charge in [-0.15, -0.1) is 0 Å². The average Bonchev–Trinajstić information content (AvgIpc) is 3.23. The van der Waals surface area contributed by atoms with E-state index in [4.69, 9.17) is 4.74 Å². The summed E-state index contributed by atoms with van der Waals surface area (Å²) < 4.78 is 4.77. The average molecular weight is 523 g/mol. The van der Waals surface area contributed by atoms with Crippen LogP contribution in [0, 0.1) is 0 Å². The Labute approximate surface area is 221 Å². The zero-order chi connectivity index (χ0) is 26.8. The van der Waals surface area contributed by atoms with Crippen molar-refractivity contribution in [3.05, 3.63) is 48.0 Å². The van der Waals surface area contributed by atoms with E-state index >= 15 is 0 Å². The summed E-state index contributed by atoms with van der Waals surface area (Å²) in [5, 5.41) is 17.4. The van der Waals surface area contributed by atoms with Gasteiger partial charge in [0.15, 0.2) is 0 Å². The molecule has 0 aliphatic carbocycles. The first kappa shape index (κ1) is 26.1. The van der Waals surface area contributed by atoms with Crippen molar-refractivity contribution in [3.8, 4) is 0 Å². The van der Waals surface area contributed by atoms with Gasteiger partial charge in [-0.05, 0) is 36.2 Å². The second-order valence-corrected chi connectivity index (χ2v) is 10.3. The Morgan fingerprint density at radius 2 is 1.79 bits per heavy atom. The molecule has 3 aliphatic rings. The smallest absolute Gasteiger partial charge is 0.310 e. The number of esters is 1. The molecule has 0 spiro atoms. The molecule has 3 amide bonds. The summed E-state index contributed by atoms with van der Waals surface area (Å²) >= 11 is 0. The molecule has 2 unspecified atom stereocenters. The zero-order valence-electron chi connectivity index (χ0n) is 21.5.